The summed E-state index contributed by atoms with van der Waals surface area (Å²) < 4.78 is 0. The molecule has 0 saturated carbocycles. The van der Waals surface area contributed by atoms with Gasteiger partial charge in [-0.25, -0.2) is 0 Å². The first-order valence-electron chi connectivity index (χ1n) is 1.34. The minimum absolute atomic E-state index is 0. The predicted molar refractivity (Wildman–Crippen MR) is 24.7 cm³/mol. The first kappa shape index (κ1) is 9.34. The molecule has 0 aromatic heterocycles. The van der Waals surface area contributed by atoms with Crippen LogP contribution in [0.3, 0.4) is 0 Å². The van der Waals surface area contributed by atoms with Crippen molar-refractivity contribution in [2.75, 3.05) is 20.0 Å². The van der Waals surface area contributed by atoms with Crippen molar-refractivity contribution in [1.29, 1.82) is 0 Å². The first-order chi connectivity index (χ1) is 1.73. The van der Waals surface area contributed by atoms with Crippen LogP contribution in [0, 0.1) is 0 Å². The molecule has 1 radical (unpaired) electrons. The molecule has 0 saturated heterocycles. The molecule has 0 spiro atoms. The van der Waals surface area contributed by atoms with Gasteiger partial charge in [0.1, 0.15) is 0 Å². The molecule has 0 N–H and O–H groups in total. The van der Waals surface area contributed by atoms with Gasteiger partial charge in [-0.15, -0.1) is 7.92 Å². The Morgan fingerprint density at radius 1 is 1.00 bits per heavy atom. The molecule has 0 atom stereocenters. The van der Waals surface area contributed by atoms with Crippen LogP contribution in [0.5, 0.6) is 0 Å². The van der Waals surface area contributed by atoms with Gasteiger partial charge in [0.15, 0.2) is 0 Å². The van der Waals surface area contributed by atoms with Crippen molar-refractivity contribution in [1.82, 2.24) is 0 Å². The van der Waals surface area contributed by atoms with E-state index in [0.29, 0.717) is 7.92 Å². The van der Waals surface area contributed by atoms with Crippen LogP contribution in [0.2, 0.25) is 0 Å². The topological polar surface area (TPSA) is 0 Å². The molecule has 2 heteroatoms. The molecule has 0 amide bonds. The molecular formula is C3H9CuP. The Morgan fingerprint density at radius 2 is 1.00 bits per heavy atom. The van der Waals surface area contributed by atoms with Crippen molar-refractivity contribution in [3.63, 3.8) is 0 Å². The van der Waals surface area contributed by atoms with E-state index in [1.807, 2.05) is 0 Å². The maximum Gasteiger partial charge on any atom is 0 e. The molecule has 0 aromatic rings. The minimum atomic E-state index is 0. The normalized spacial score (nSPS) is 7.20. The van der Waals surface area contributed by atoms with E-state index in [-0.39, 0.29) is 17.1 Å². The third-order valence-electron chi connectivity index (χ3n) is 0. The Hall–Kier alpha value is 0.949. The van der Waals surface area contributed by atoms with Crippen molar-refractivity contribution in [2.45, 2.75) is 0 Å². The van der Waals surface area contributed by atoms with Gasteiger partial charge < -0.3 is 0 Å². The molecule has 0 aliphatic heterocycles. The summed E-state index contributed by atoms with van der Waals surface area (Å²) >= 11 is 0. The van der Waals surface area contributed by atoms with Gasteiger partial charge in [-0.3, -0.25) is 0 Å². The summed E-state index contributed by atoms with van der Waals surface area (Å²) in [4.78, 5) is 0. The van der Waals surface area contributed by atoms with Gasteiger partial charge in [0.2, 0.25) is 0 Å². The quantitative estimate of drug-likeness (QED) is 0.351. The minimum Gasteiger partial charge on any atom is -0.116 e. The molecule has 37 valence electrons. The molecule has 5 heavy (non-hydrogen) atoms. The largest absolute Gasteiger partial charge is 0.116 e. The maximum atomic E-state index is 2.23. The monoisotopic (exact) mass is 139 g/mol. The van der Waals surface area contributed by atoms with E-state index in [0.717, 1.165) is 0 Å². The van der Waals surface area contributed by atoms with E-state index in [2.05, 4.69) is 20.0 Å². The van der Waals surface area contributed by atoms with Crippen molar-refractivity contribution in [3.05, 3.63) is 0 Å². The Kier molecular flexibility index (Phi) is 9.25. The average molecular weight is 140 g/mol. The zero-order valence-corrected chi connectivity index (χ0v) is 5.58. The predicted octanol–water partition coefficient (Wildman–Crippen LogP) is 1.36. The van der Waals surface area contributed by atoms with Crippen LogP contribution in [-0.2, 0) is 17.1 Å². The molecule has 0 unspecified atom stereocenters. The Morgan fingerprint density at radius 3 is 1.00 bits per heavy atom. The van der Waals surface area contributed by atoms with Crippen LogP contribution in [0.4, 0.5) is 0 Å². The van der Waals surface area contributed by atoms with Gasteiger partial charge in [-0.2, -0.15) is 0 Å². The molecule has 0 aliphatic rings. The fraction of sp³-hybridized carbons (Fsp3) is 1.00. The second kappa shape index (κ2) is 4.95. The number of hydrogen-bond acceptors (Lipinski definition) is 0. The van der Waals surface area contributed by atoms with Gasteiger partial charge in [-0.05, 0) is 20.0 Å². The molecule has 0 bridgehead atoms. The van der Waals surface area contributed by atoms with Crippen molar-refractivity contribution < 1.29 is 17.1 Å². The summed E-state index contributed by atoms with van der Waals surface area (Å²) in [6, 6.07) is 0. The van der Waals surface area contributed by atoms with Gasteiger partial charge >= 0.3 is 0 Å². The summed E-state index contributed by atoms with van der Waals surface area (Å²) in [7, 11) is 0.380. The molecule has 0 aromatic carbocycles. The summed E-state index contributed by atoms with van der Waals surface area (Å²) in [5.74, 6) is 0. The molecule has 0 heterocycles. The van der Waals surface area contributed by atoms with E-state index in [4.69, 9.17) is 0 Å². The van der Waals surface area contributed by atoms with E-state index >= 15 is 0 Å². The second-order valence-electron chi connectivity index (χ2n) is 1.34. The van der Waals surface area contributed by atoms with Crippen molar-refractivity contribution in [3.8, 4) is 0 Å². The van der Waals surface area contributed by atoms with E-state index in [1.54, 1.807) is 0 Å². The SMILES string of the molecule is CP(C)C.[Cu]. The Balaban J connectivity index is 0. The summed E-state index contributed by atoms with van der Waals surface area (Å²) in [6.07, 6.45) is 0. The van der Waals surface area contributed by atoms with Crippen molar-refractivity contribution >= 4 is 7.92 Å². The van der Waals surface area contributed by atoms with Crippen LogP contribution in [0.1, 0.15) is 0 Å². The van der Waals surface area contributed by atoms with Gasteiger partial charge in [0, 0.05) is 17.1 Å². The molecule has 0 fully saturated rings. The Labute approximate surface area is 45.6 Å². The van der Waals surface area contributed by atoms with Crippen molar-refractivity contribution in [2.24, 2.45) is 0 Å². The summed E-state index contributed by atoms with van der Waals surface area (Å²) in [6.45, 7) is 6.69. The molecule has 0 nitrogen and oxygen atoms in total. The second-order valence-corrected chi connectivity index (χ2v) is 4.02. The molecule has 0 aliphatic carbocycles. The fourth-order valence-corrected chi connectivity index (χ4v) is 0. The summed E-state index contributed by atoms with van der Waals surface area (Å²) in [5, 5.41) is 0. The molecule has 0 rings (SSSR count). The zero-order valence-electron chi connectivity index (χ0n) is 3.75. The fourth-order valence-electron chi connectivity index (χ4n) is 0. The van der Waals surface area contributed by atoms with E-state index < -0.39 is 0 Å². The third-order valence-corrected chi connectivity index (χ3v) is 0. The van der Waals surface area contributed by atoms with E-state index in [9.17, 15) is 0 Å². The maximum absolute atomic E-state index is 2.23. The zero-order chi connectivity index (χ0) is 3.58. The van der Waals surface area contributed by atoms with Crippen LogP contribution >= 0.6 is 7.92 Å². The smallest absolute Gasteiger partial charge is 0 e. The van der Waals surface area contributed by atoms with Crippen LogP contribution < -0.4 is 0 Å². The number of hydrogen-bond donors (Lipinski definition) is 0. The van der Waals surface area contributed by atoms with E-state index in [1.165, 1.54) is 0 Å². The van der Waals surface area contributed by atoms with Crippen LogP contribution in [0.25, 0.3) is 0 Å². The Bertz CT molecular complexity index is 11.6. The van der Waals surface area contributed by atoms with Crippen LogP contribution in [-0.4, -0.2) is 20.0 Å². The standard InChI is InChI=1S/C3H9P.Cu/c1-4(2)3;/h1-3H3;. The van der Waals surface area contributed by atoms with Crippen LogP contribution in [0.15, 0.2) is 0 Å². The third kappa shape index (κ3) is 47.8. The van der Waals surface area contributed by atoms with Gasteiger partial charge in [0.05, 0.1) is 0 Å². The molecular weight excluding hydrogens is 131 g/mol. The summed E-state index contributed by atoms with van der Waals surface area (Å²) in [5.41, 5.74) is 0. The first-order valence-corrected chi connectivity index (χ1v) is 4.02. The van der Waals surface area contributed by atoms with Gasteiger partial charge in [-0.1, -0.05) is 0 Å². The number of rotatable bonds is 0. The van der Waals surface area contributed by atoms with Gasteiger partial charge in [0.25, 0.3) is 0 Å². The average Bonchev–Trinajstić information content (AvgIpc) is 0.811.